The van der Waals surface area contributed by atoms with Gasteiger partial charge in [0.05, 0.1) is 17.7 Å². The van der Waals surface area contributed by atoms with Crippen molar-refractivity contribution in [1.82, 2.24) is 25.1 Å². The molecule has 0 fully saturated rings. The van der Waals surface area contributed by atoms with Gasteiger partial charge in [-0.25, -0.2) is 4.98 Å². The summed E-state index contributed by atoms with van der Waals surface area (Å²) in [7, 11) is 1.57. The summed E-state index contributed by atoms with van der Waals surface area (Å²) in [6.45, 7) is 1.97. The van der Waals surface area contributed by atoms with Gasteiger partial charge in [-0.15, -0.1) is 0 Å². The molecule has 9 nitrogen and oxygen atoms in total. The molecule has 2 heterocycles. The molecule has 0 aliphatic rings. The molecule has 2 rings (SSSR count). The minimum absolute atomic E-state index is 0.148. The Bertz CT molecular complexity index is 616. The van der Waals surface area contributed by atoms with Crippen LogP contribution >= 0.6 is 0 Å². The van der Waals surface area contributed by atoms with E-state index in [-0.39, 0.29) is 23.8 Å². The van der Waals surface area contributed by atoms with Gasteiger partial charge in [0.15, 0.2) is 5.82 Å². The maximum atomic E-state index is 12.0. The second-order valence-corrected chi connectivity index (χ2v) is 4.03. The standard InChI is InChI=1S/C10H12N6O3/c1-6-12-9(14-13-6)5-15(2)10(17)8-3-7(4-11-8)16(18)19/h3-4,11H,5H2,1-2H3,(H,12,13,14). The Morgan fingerprint density at radius 1 is 1.58 bits per heavy atom. The summed E-state index contributed by atoms with van der Waals surface area (Å²) in [6.07, 6.45) is 1.18. The lowest BCUT2D eigenvalue weighted by Gasteiger charge is -2.13. The predicted octanol–water partition coefficient (Wildman–Crippen LogP) is 0.622. The number of H-pyrrole nitrogens is 2. The number of aromatic nitrogens is 4. The molecular weight excluding hydrogens is 252 g/mol. The molecule has 0 saturated carbocycles. The third kappa shape index (κ3) is 2.76. The van der Waals surface area contributed by atoms with Crippen LogP contribution in [0.5, 0.6) is 0 Å². The molecular formula is C10H12N6O3. The lowest BCUT2D eigenvalue weighted by molar-refractivity contribution is -0.384. The Hall–Kier alpha value is -2.71. The molecule has 0 saturated heterocycles. The average molecular weight is 264 g/mol. The van der Waals surface area contributed by atoms with Gasteiger partial charge in [0.25, 0.3) is 11.6 Å². The highest BCUT2D eigenvalue weighted by atomic mass is 16.6. The zero-order chi connectivity index (χ0) is 14.0. The van der Waals surface area contributed by atoms with E-state index in [1.165, 1.54) is 17.2 Å². The van der Waals surface area contributed by atoms with Crippen LogP contribution in [0.4, 0.5) is 5.69 Å². The first-order valence-electron chi connectivity index (χ1n) is 5.43. The maximum absolute atomic E-state index is 12.0. The lowest BCUT2D eigenvalue weighted by Crippen LogP contribution is -2.27. The van der Waals surface area contributed by atoms with E-state index in [9.17, 15) is 14.9 Å². The summed E-state index contributed by atoms with van der Waals surface area (Å²) in [4.78, 5) is 30.0. The zero-order valence-corrected chi connectivity index (χ0v) is 10.4. The molecule has 0 radical (unpaired) electrons. The number of rotatable bonds is 4. The van der Waals surface area contributed by atoms with Crippen LogP contribution in [0.2, 0.25) is 0 Å². The number of amides is 1. The highest BCUT2D eigenvalue weighted by Gasteiger charge is 2.18. The molecule has 0 aliphatic heterocycles. The molecule has 0 aliphatic carbocycles. The molecule has 2 aromatic rings. The largest absolute Gasteiger partial charge is 0.351 e. The minimum atomic E-state index is -0.564. The van der Waals surface area contributed by atoms with Crippen LogP contribution in [0.25, 0.3) is 0 Å². The summed E-state index contributed by atoms with van der Waals surface area (Å²) in [5.41, 5.74) is 0.00643. The van der Waals surface area contributed by atoms with Crippen molar-refractivity contribution in [1.29, 1.82) is 0 Å². The summed E-state index contributed by atoms with van der Waals surface area (Å²) in [6, 6.07) is 1.20. The number of aromatic amines is 2. The number of hydrogen-bond acceptors (Lipinski definition) is 5. The quantitative estimate of drug-likeness (QED) is 0.619. The van der Waals surface area contributed by atoms with Crippen LogP contribution in [0, 0.1) is 17.0 Å². The summed E-state index contributed by atoms with van der Waals surface area (Å²) >= 11 is 0. The maximum Gasteiger partial charge on any atom is 0.287 e. The molecule has 0 atom stereocenters. The van der Waals surface area contributed by atoms with Gasteiger partial charge in [-0.3, -0.25) is 20.0 Å². The van der Waals surface area contributed by atoms with Crippen LogP contribution in [0.1, 0.15) is 22.1 Å². The van der Waals surface area contributed by atoms with E-state index in [4.69, 9.17) is 0 Å². The number of nitro groups is 1. The van der Waals surface area contributed by atoms with Crippen molar-refractivity contribution >= 4 is 11.6 Å². The molecule has 9 heteroatoms. The fraction of sp³-hybridized carbons (Fsp3) is 0.300. The predicted molar refractivity (Wildman–Crippen MR) is 64.4 cm³/mol. The van der Waals surface area contributed by atoms with Crippen LogP contribution in [0.3, 0.4) is 0 Å². The Balaban J connectivity index is 2.07. The van der Waals surface area contributed by atoms with Crippen molar-refractivity contribution in [3.05, 3.63) is 39.7 Å². The van der Waals surface area contributed by atoms with Crippen molar-refractivity contribution in [3.8, 4) is 0 Å². The molecule has 2 aromatic heterocycles. The van der Waals surface area contributed by atoms with Gasteiger partial charge in [-0.05, 0) is 6.92 Å². The van der Waals surface area contributed by atoms with Gasteiger partial charge in [-0.2, -0.15) is 5.10 Å². The van der Waals surface area contributed by atoms with E-state index in [0.29, 0.717) is 11.6 Å². The second kappa shape index (κ2) is 4.88. The molecule has 19 heavy (non-hydrogen) atoms. The lowest BCUT2D eigenvalue weighted by atomic mass is 10.3. The smallest absolute Gasteiger partial charge is 0.287 e. The fourth-order valence-electron chi connectivity index (χ4n) is 1.56. The summed E-state index contributed by atoms with van der Waals surface area (Å²) < 4.78 is 0. The van der Waals surface area contributed by atoms with Gasteiger partial charge in [0, 0.05) is 13.1 Å². The Morgan fingerprint density at radius 3 is 2.84 bits per heavy atom. The first kappa shape index (κ1) is 12.7. The van der Waals surface area contributed by atoms with Gasteiger partial charge in [-0.1, -0.05) is 0 Å². The number of hydrogen-bond donors (Lipinski definition) is 2. The fourth-order valence-corrected chi connectivity index (χ4v) is 1.56. The average Bonchev–Trinajstić information content (AvgIpc) is 2.97. The second-order valence-electron chi connectivity index (χ2n) is 4.03. The minimum Gasteiger partial charge on any atom is -0.351 e. The van der Waals surface area contributed by atoms with E-state index in [0.717, 1.165) is 0 Å². The molecule has 100 valence electrons. The molecule has 1 amide bonds. The van der Waals surface area contributed by atoms with Crippen LogP contribution in [0.15, 0.2) is 12.3 Å². The number of nitrogens with zero attached hydrogens (tertiary/aromatic N) is 4. The molecule has 2 N–H and O–H groups in total. The topological polar surface area (TPSA) is 121 Å². The monoisotopic (exact) mass is 264 g/mol. The van der Waals surface area contributed by atoms with Crippen molar-refractivity contribution in [3.63, 3.8) is 0 Å². The van der Waals surface area contributed by atoms with Gasteiger partial charge >= 0.3 is 0 Å². The number of aryl methyl sites for hydroxylation is 1. The number of carbonyl (C=O) groups is 1. The number of carbonyl (C=O) groups excluding carboxylic acids is 1. The highest BCUT2D eigenvalue weighted by Crippen LogP contribution is 2.14. The Kier molecular flexibility index (Phi) is 3.27. The third-order valence-corrected chi connectivity index (χ3v) is 2.48. The highest BCUT2D eigenvalue weighted by molar-refractivity contribution is 5.92. The van der Waals surface area contributed by atoms with Crippen LogP contribution in [-0.2, 0) is 6.54 Å². The van der Waals surface area contributed by atoms with Crippen molar-refractivity contribution < 1.29 is 9.72 Å². The van der Waals surface area contributed by atoms with E-state index in [1.807, 2.05) is 0 Å². The van der Waals surface area contributed by atoms with E-state index in [1.54, 1.807) is 14.0 Å². The van der Waals surface area contributed by atoms with Crippen LogP contribution < -0.4 is 0 Å². The normalized spacial score (nSPS) is 10.4. The van der Waals surface area contributed by atoms with Crippen molar-refractivity contribution in [2.45, 2.75) is 13.5 Å². The van der Waals surface area contributed by atoms with E-state index in [2.05, 4.69) is 20.2 Å². The van der Waals surface area contributed by atoms with Crippen LogP contribution in [-0.4, -0.2) is 42.9 Å². The zero-order valence-electron chi connectivity index (χ0n) is 10.4. The molecule has 0 unspecified atom stereocenters. The third-order valence-electron chi connectivity index (χ3n) is 2.48. The van der Waals surface area contributed by atoms with Gasteiger partial charge in [0.1, 0.15) is 11.5 Å². The van der Waals surface area contributed by atoms with Gasteiger partial charge in [0.2, 0.25) is 0 Å². The number of nitrogens with one attached hydrogen (secondary N) is 2. The molecule has 0 aromatic carbocycles. The SMILES string of the molecule is Cc1nc(CN(C)C(=O)c2cc([N+](=O)[O-])c[nH]2)n[nH]1. The van der Waals surface area contributed by atoms with Gasteiger partial charge < -0.3 is 9.88 Å². The summed E-state index contributed by atoms with van der Waals surface area (Å²) in [5.74, 6) is 0.774. The summed E-state index contributed by atoms with van der Waals surface area (Å²) in [5, 5.41) is 17.1. The Morgan fingerprint density at radius 2 is 2.32 bits per heavy atom. The molecule has 0 bridgehead atoms. The first-order valence-corrected chi connectivity index (χ1v) is 5.43. The van der Waals surface area contributed by atoms with Crippen molar-refractivity contribution in [2.75, 3.05) is 7.05 Å². The van der Waals surface area contributed by atoms with E-state index >= 15 is 0 Å². The first-order chi connectivity index (χ1) is 8.97. The van der Waals surface area contributed by atoms with E-state index < -0.39 is 4.92 Å². The Labute approximate surface area is 107 Å². The molecule has 0 spiro atoms. The van der Waals surface area contributed by atoms with Crippen molar-refractivity contribution in [2.24, 2.45) is 0 Å².